The normalized spacial score (nSPS) is 15.9. The Balaban J connectivity index is 1.68. The van der Waals surface area contributed by atoms with Crippen molar-refractivity contribution < 1.29 is 9.59 Å². The van der Waals surface area contributed by atoms with Crippen LogP contribution in [0.15, 0.2) is 5.38 Å². The maximum absolute atomic E-state index is 12.2. The minimum absolute atomic E-state index is 0.0373. The number of rotatable bonds is 6. The number of hydrogen-bond acceptors (Lipinski definition) is 4. The van der Waals surface area contributed by atoms with Crippen molar-refractivity contribution >= 4 is 23.2 Å². The Labute approximate surface area is 142 Å². The monoisotopic (exact) mass is 337 g/mol. The molecule has 23 heavy (non-hydrogen) atoms. The van der Waals surface area contributed by atoms with Gasteiger partial charge in [-0.2, -0.15) is 0 Å². The van der Waals surface area contributed by atoms with Gasteiger partial charge in [0.15, 0.2) is 0 Å². The molecule has 1 aliphatic heterocycles. The Kier molecular flexibility index (Phi) is 6.57. The van der Waals surface area contributed by atoms with Gasteiger partial charge in [0.1, 0.15) is 0 Å². The van der Waals surface area contributed by atoms with Crippen LogP contribution < -0.4 is 5.32 Å². The third-order valence-electron chi connectivity index (χ3n) is 4.15. The number of aryl methyl sites for hydroxylation is 1. The lowest BCUT2D eigenvalue weighted by Gasteiger charge is -2.31. The summed E-state index contributed by atoms with van der Waals surface area (Å²) in [6.07, 6.45) is 2.92. The fourth-order valence-corrected chi connectivity index (χ4v) is 3.50. The summed E-state index contributed by atoms with van der Waals surface area (Å²) < 4.78 is 0. The largest absolute Gasteiger partial charge is 0.355 e. The van der Waals surface area contributed by atoms with E-state index in [1.807, 2.05) is 17.2 Å². The van der Waals surface area contributed by atoms with Crippen LogP contribution in [0.5, 0.6) is 0 Å². The van der Waals surface area contributed by atoms with E-state index in [9.17, 15) is 9.59 Å². The van der Waals surface area contributed by atoms with Gasteiger partial charge in [0.05, 0.1) is 10.7 Å². The number of nitrogens with zero attached hydrogens (tertiary/aromatic N) is 2. The first-order valence-electron chi connectivity index (χ1n) is 8.42. The van der Waals surface area contributed by atoms with Gasteiger partial charge >= 0.3 is 0 Å². The molecule has 6 heteroatoms. The Morgan fingerprint density at radius 2 is 2.09 bits per heavy atom. The first kappa shape index (κ1) is 17.9. The van der Waals surface area contributed by atoms with E-state index >= 15 is 0 Å². The quantitative estimate of drug-likeness (QED) is 0.867. The van der Waals surface area contributed by atoms with Gasteiger partial charge in [-0.15, -0.1) is 11.3 Å². The van der Waals surface area contributed by atoms with E-state index in [0.29, 0.717) is 32.0 Å². The van der Waals surface area contributed by atoms with Crippen molar-refractivity contribution in [1.82, 2.24) is 15.2 Å². The van der Waals surface area contributed by atoms with Gasteiger partial charge < -0.3 is 10.2 Å². The van der Waals surface area contributed by atoms with Crippen molar-refractivity contribution in [2.45, 2.75) is 46.5 Å². The summed E-state index contributed by atoms with van der Waals surface area (Å²) in [5, 5.41) is 6.11. The van der Waals surface area contributed by atoms with Gasteiger partial charge in [-0.25, -0.2) is 4.98 Å². The van der Waals surface area contributed by atoms with Gasteiger partial charge in [-0.05, 0) is 25.7 Å². The van der Waals surface area contributed by atoms with Crippen molar-refractivity contribution in [3.05, 3.63) is 16.1 Å². The molecule has 0 bridgehead atoms. The van der Waals surface area contributed by atoms with Crippen LogP contribution in [-0.2, 0) is 16.0 Å². The van der Waals surface area contributed by atoms with Crippen LogP contribution in [0.2, 0.25) is 0 Å². The van der Waals surface area contributed by atoms with Gasteiger partial charge in [0, 0.05) is 43.8 Å². The topological polar surface area (TPSA) is 62.3 Å². The zero-order valence-electron chi connectivity index (χ0n) is 14.3. The summed E-state index contributed by atoms with van der Waals surface area (Å²) in [6, 6.07) is 0. The number of hydrogen-bond donors (Lipinski definition) is 1. The molecular formula is C17H27N3O2S. The standard InChI is InChI=1S/C17H27N3O2S/c1-12(2)10-16(21)20-8-5-14(6-9-20)17(22)18-7-4-15-11-23-13(3)19-15/h11-12,14H,4-10H2,1-3H3,(H,18,22). The second-order valence-electron chi connectivity index (χ2n) is 6.65. The highest BCUT2D eigenvalue weighted by molar-refractivity contribution is 7.09. The number of nitrogens with one attached hydrogen (secondary N) is 1. The summed E-state index contributed by atoms with van der Waals surface area (Å²) in [4.78, 5) is 30.6. The molecule has 1 saturated heterocycles. The van der Waals surface area contributed by atoms with E-state index in [4.69, 9.17) is 0 Å². The molecule has 0 atom stereocenters. The van der Waals surface area contributed by atoms with Crippen molar-refractivity contribution in [2.24, 2.45) is 11.8 Å². The second-order valence-corrected chi connectivity index (χ2v) is 7.71. The molecule has 128 valence electrons. The molecule has 2 rings (SSSR count). The predicted octanol–water partition coefficient (Wildman–Crippen LogP) is 2.39. The predicted molar refractivity (Wildman–Crippen MR) is 92.3 cm³/mol. The number of likely N-dealkylation sites (tertiary alicyclic amines) is 1. The number of thiazole rings is 1. The smallest absolute Gasteiger partial charge is 0.223 e. The van der Waals surface area contributed by atoms with Gasteiger partial charge in [-0.1, -0.05) is 13.8 Å². The van der Waals surface area contributed by atoms with Gasteiger partial charge in [0.2, 0.25) is 11.8 Å². The van der Waals surface area contributed by atoms with Gasteiger partial charge in [-0.3, -0.25) is 9.59 Å². The van der Waals surface area contributed by atoms with Crippen LogP contribution in [0.4, 0.5) is 0 Å². The van der Waals surface area contributed by atoms with E-state index in [0.717, 1.165) is 30.0 Å². The van der Waals surface area contributed by atoms with E-state index in [2.05, 4.69) is 24.1 Å². The third-order valence-corrected chi connectivity index (χ3v) is 4.97. The van der Waals surface area contributed by atoms with Crippen molar-refractivity contribution in [3.8, 4) is 0 Å². The third kappa shape index (κ3) is 5.61. The molecule has 2 heterocycles. The maximum Gasteiger partial charge on any atom is 0.223 e. The average Bonchev–Trinajstić information content (AvgIpc) is 2.92. The molecule has 1 aromatic rings. The maximum atomic E-state index is 12.2. The fourth-order valence-electron chi connectivity index (χ4n) is 2.85. The van der Waals surface area contributed by atoms with Crippen LogP contribution in [-0.4, -0.2) is 41.3 Å². The molecule has 0 saturated carbocycles. The van der Waals surface area contributed by atoms with Crippen LogP contribution >= 0.6 is 11.3 Å². The summed E-state index contributed by atoms with van der Waals surface area (Å²) in [6.45, 7) is 8.14. The number of carbonyl (C=O) groups is 2. The molecule has 2 amide bonds. The van der Waals surface area contributed by atoms with Crippen molar-refractivity contribution in [1.29, 1.82) is 0 Å². The molecule has 0 spiro atoms. The number of amides is 2. The number of aromatic nitrogens is 1. The zero-order chi connectivity index (χ0) is 16.8. The highest BCUT2D eigenvalue weighted by Crippen LogP contribution is 2.19. The first-order chi connectivity index (χ1) is 11.0. The highest BCUT2D eigenvalue weighted by atomic mass is 32.1. The second kappa shape index (κ2) is 8.43. The minimum atomic E-state index is 0.0373. The van der Waals surface area contributed by atoms with Gasteiger partial charge in [0.25, 0.3) is 0 Å². The lowest BCUT2D eigenvalue weighted by Crippen LogP contribution is -2.43. The summed E-state index contributed by atoms with van der Waals surface area (Å²) in [5.41, 5.74) is 1.04. The van der Waals surface area contributed by atoms with Crippen LogP contribution in [0.1, 0.15) is 43.8 Å². The minimum Gasteiger partial charge on any atom is -0.355 e. The van der Waals surface area contributed by atoms with E-state index in [1.165, 1.54) is 0 Å². The number of carbonyl (C=O) groups excluding carboxylic acids is 2. The molecule has 0 aliphatic carbocycles. The first-order valence-corrected chi connectivity index (χ1v) is 9.30. The molecule has 0 unspecified atom stereocenters. The molecule has 1 aliphatic rings. The van der Waals surface area contributed by atoms with E-state index < -0.39 is 0 Å². The molecule has 1 aromatic heterocycles. The summed E-state index contributed by atoms with van der Waals surface area (Å²) in [7, 11) is 0. The zero-order valence-corrected chi connectivity index (χ0v) is 15.1. The van der Waals surface area contributed by atoms with Crippen molar-refractivity contribution in [3.63, 3.8) is 0 Å². The molecule has 1 fully saturated rings. The Morgan fingerprint density at radius 3 is 2.65 bits per heavy atom. The molecule has 0 aromatic carbocycles. The molecule has 0 radical (unpaired) electrons. The summed E-state index contributed by atoms with van der Waals surface area (Å²) in [5.74, 6) is 0.763. The lowest BCUT2D eigenvalue weighted by molar-refractivity contribution is -0.136. The Hall–Kier alpha value is -1.43. The highest BCUT2D eigenvalue weighted by Gasteiger charge is 2.27. The fraction of sp³-hybridized carbons (Fsp3) is 0.706. The number of piperidine rings is 1. The van der Waals surface area contributed by atoms with Crippen LogP contribution in [0, 0.1) is 18.8 Å². The van der Waals surface area contributed by atoms with E-state index in [1.54, 1.807) is 11.3 Å². The summed E-state index contributed by atoms with van der Waals surface area (Å²) >= 11 is 1.64. The van der Waals surface area contributed by atoms with Crippen LogP contribution in [0.25, 0.3) is 0 Å². The molecule has 1 N–H and O–H groups in total. The molecular weight excluding hydrogens is 310 g/mol. The SMILES string of the molecule is Cc1nc(CCNC(=O)C2CCN(C(=O)CC(C)C)CC2)cs1. The Morgan fingerprint density at radius 1 is 1.39 bits per heavy atom. The molecule has 5 nitrogen and oxygen atoms in total. The van der Waals surface area contributed by atoms with Crippen molar-refractivity contribution in [2.75, 3.05) is 19.6 Å². The lowest BCUT2D eigenvalue weighted by atomic mass is 9.95. The van der Waals surface area contributed by atoms with E-state index in [-0.39, 0.29) is 17.7 Å². The Bertz CT molecular complexity index is 534. The van der Waals surface area contributed by atoms with Crippen LogP contribution in [0.3, 0.4) is 0 Å². The average molecular weight is 337 g/mol.